The van der Waals surface area contributed by atoms with Crippen LogP contribution in [0.3, 0.4) is 0 Å². The summed E-state index contributed by atoms with van der Waals surface area (Å²) < 4.78 is 0.228. The van der Waals surface area contributed by atoms with Crippen LogP contribution in [-0.2, 0) is 0 Å². The summed E-state index contributed by atoms with van der Waals surface area (Å²) in [5.41, 5.74) is 3.96. The number of nitriles is 1. The number of benzene rings is 2. The predicted octanol–water partition coefficient (Wildman–Crippen LogP) is 4.41. The maximum atomic E-state index is 12.8. The third-order valence-electron chi connectivity index (χ3n) is 5.19. The minimum atomic E-state index is -0.517. The van der Waals surface area contributed by atoms with E-state index in [2.05, 4.69) is 26.3 Å². The molecule has 0 aliphatic carbocycles. The van der Waals surface area contributed by atoms with Crippen LogP contribution < -0.4 is 10.9 Å². The molecule has 3 heterocycles. The molecular weight excluding hydrogens is 382 g/mol. The van der Waals surface area contributed by atoms with Gasteiger partial charge in [0.2, 0.25) is 0 Å². The van der Waals surface area contributed by atoms with Crippen molar-refractivity contribution in [3.8, 4) is 6.07 Å². The Morgan fingerprint density at radius 1 is 1.00 bits per heavy atom. The van der Waals surface area contributed by atoms with Crippen LogP contribution in [0, 0.1) is 16.1 Å². The SMILES string of the molecule is N#CC1=C(c2c[nH]c3ccccc23)Nc2[nH]c(=S)[nH]c(=O)c2C1c1ccccc1. The average Bonchev–Trinajstić information content (AvgIpc) is 3.17. The molecule has 140 valence electrons. The predicted molar refractivity (Wildman–Crippen MR) is 115 cm³/mol. The van der Waals surface area contributed by atoms with Crippen molar-refractivity contribution in [2.45, 2.75) is 5.92 Å². The molecule has 1 unspecified atom stereocenters. The Bertz CT molecular complexity index is 1440. The minimum absolute atomic E-state index is 0.228. The minimum Gasteiger partial charge on any atom is -0.360 e. The standard InChI is InChI=1S/C22H15N5OS/c23-10-14-17(12-6-2-1-3-7-12)18-20(26-22(29)27-21(18)28)25-19(14)15-11-24-16-9-5-4-8-13(15)16/h1-9,11,17,24H,(H3,25,26,27,28,29). The lowest BCUT2D eigenvalue weighted by Crippen LogP contribution is -2.27. The number of hydrogen-bond donors (Lipinski definition) is 4. The smallest absolute Gasteiger partial charge is 0.258 e. The van der Waals surface area contributed by atoms with Crippen LogP contribution in [0.5, 0.6) is 0 Å². The van der Waals surface area contributed by atoms with Crippen molar-refractivity contribution in [2.75, 3.05) is 5.32 Å². The topological polar surface area (TPSA) is 100 Å². The molecule has 2 aromatic heterocycles. The highest BCUT2D eigenvalue weighted by molar-refractivity contribution is 7.71. The van der Waals surface area contributed by atoms with Gasteiger partial charge in [0.1, 0.15) is 5.82 Å². The van der Waals surface area contributed by atoms with Gasteiger partial charge in [0.05, 0.1) is 28.8 Å². The Morgan fingerprint density at radius 2 is 1.76 bits per heavy atom. The molecule has 6 nitrogen and oxygen atoms in total. The number of H-pyrrole nitrogens is 3. The molecule has 0 bridgehead atoms. The largest absolute Gasteiger partial charge is 0.360 e. The van der Waals surface area contributed by atoms with Crippen molar-refractivity contribution in [1.82, 2.24) is 15.0 Å². The molecule has 1 aliphatic heterocycles. The fourth-order valence-electron chi connectivity index (χ4n) is 3.94. The van der Waals surface area contributed by atoms with Crippen LogP contribution in [0.2, 0.25) is 0 Å². The molecule has 0 saturated carbocycles. The molecule has 0 saturated heterocycles. The molecule has 0 spiro atoms. The first-order chi connectivity index (χ1) is 14.2. The molecule has 0 amide bonds. The molecule has 2 aromatic carbocycles. The average molecular weight is 397 g/mol. The Hall–Kier alpha value is -3.89. The van der Waals surface area contributed by atoms with E-state index in [0.717, 1.165) is 22.0 Å². The van der Waals surface area contributed by atoms with Crippen LogP contribution >= 0.6 is 12.2 Å². The lowest BCUT2D eigenvalue weighted by molar-refractivity contribution is 0.904. The van der Waals surface area contributed by atoms with Gasteiger partial charge in [-0.15, -0.1) is 0 Å². The van der Waals surface area contributed by atoms with Crippen molar-refractivity contribution in [2.24, 2.45) is 0 Å². The van der Waals surface area contributed by atoms with Crippen molar-refractivity contribution in [3.63, 3.8) is 0 Å². The van der Waals surface area contributed by atoms with Gasteiger partial charge in [-0.05, 0) is 23.8 Å². The van der Waals surface area contributed by atoms with E-state index in [1.54, 1.807) is 0 Å². The van der Waals surface area contributed by atoms with Gasteiger partial charge in [-0.1, -0.05) is 48.5 Å². The number of aromatic amines is 3. The number of hydrogen-bond acceptors (Lipinski definition) is 4. The first kappa shape index (κ1) is 17.2. The van der Waals surface area contributed by atoms with E-state index in [1.165, 1.54) is 0 Å². The lowest BCUT2D eigenvalue weighted by atomic mass is 9.81. The second-order valence-electron chi connectivity index (χ2n) is 6.81. The summed E-state index contributed by atoms with van der Waals surface area (Å²) in [5.74, 6) is -0.0106. The van der Waals surface area contributed by atoms with Crippen LogP contribution in [0.4, 0.5) is 5.82 Å². The quantitative estimate of drug-likeness (QED) is 0.377. The van der Waals surface area contributed by atoms with Gasteiger partial charge in [0, 0.05) is 22.7 Å². The number of allylic oxidation sites excluding steroid dienone is 1. The van der Waals surface area contributed by atoms with Gasteiger partial charge in [-0.3, -0.25) is 9.78 Å². The summed E-state index contributed by atoms with van der Waals surface area (Å²) in [6.07, 6.45) is 1.87. The first-order valence-electron chi connectivity index (χ1n) is 9.06. The molecular formula is C22H15N5OS. The number of rotatable bonds is 2. The fraction of sp³-hybridized carbons (Fsp3) is 0.0455. The second kappa shape index (κ2) is 6.62. The molecule has 7 heteroatoms. The summed E-state index contributed by atoms with van der Waals surface area (Å²) in [6.45, 7) is 0. The second-order valence-corrected chi connectivity index (χ2v) is 7.22. The van der Waals surface area contributed by atoms with Gasteiger partial charge in [0.25, 0.3) is 5.56 Å². The molecule has 0 radical (unpaired) electrons. The van der Waals surface area contributed by atoms with Gasteiger partial charge in [0.15, 0.2) is 4.77 Å². The van der Waals surface area contributed by atoms with Gasteiger partial charge in [-0.2, -0.15) is 5.26 Å². The van der Waals surface area contributed by atoms with E-state index in [4.69, 9.17) is 12.2 Å². The highest BCUT2D eigenvalue weighted by Crippen LogP contribution is 2.42. The van der Waals surface area contributed by atoms with Crippen LogP contribution in [-0.4, -0.2) is 15.0 Å². The van der Waals surface area contributed by atoms with Gasteiger partial charge >= 0.3 is 0 Å². The highest BCUT2D eigenvalue weighted by Gasteiger charge is 2.33. The van der Waals surface area contributed by atoms with Crippen molar-refractivity contribution in [3.05, 3.63) is 98.2 Å². The number of para-hydroxylation sites is 1. The van der Waals surface area contributed by atoms with E-state index in [9.17, 15) is 10.1 Å². The number of nitrogens with zero attached hydrogens (tertiary/aromatic N) is 1. The summed E-state index contributed by atoms with van der Waals surface area (Å²) in [4.78, 5) is 21.8. The number of aromatic nitrogens is 3. The summed E-state index contributed by atoms with van der Waals surface area (Å²) >= 11 is 5.18. The van der Waals surface area contributed by atoms with Crippen molar-refractivity contribution < 1.29 is 0 Å². The third kappa shape index (κ3) is 2.70. The summed E-state index contributed by atoms with van der Waals surface area (Å²) in [5, 5.41) is 14.4. The molecule has 0 fully saturated rings. The normalized spacial score (nSPS) is 15.6. The van der Waals surface area contributed by atoms with Crippen molar-refractivity contribution >= 4 is 34.6 Å². The zero-order chi connectivity index (χ0) is 20.0. The Kier molecular flexibility index (Phi) is 3.93. The van der Waals surface area contributed by atoms with Gasteiger partial charge < -0.3 is 15.3 Å². The van der Waals surface area contributed by atoms with Crippen molar-refractivity contribution in [1.29, 1.82) is 5.26 Å². The van der Waals surface area contributed by atoms with E-state index < -0.39 is 5.92 Å². The number of fused-ring (bicyclic) bond motifs is 2. The molecule has 1 aliphatic rings. The third-order valence-corrected chi connectivity index (χ3v) is 5.39. The van der Waals surface area contributed by atoms with E-state index in [-0.39, 0.29) is 10.3 Å². The lowest BCUT2D eigenvalue weighted by Gasteiger charge is -2.28. The number of anilines is 1. The van der Waals surface area contributed by atoms with Gasteiger partial charge in [-0.25, -0.2) is 0 Å². The van der Waals surface area contributed by atoms with E-state index >= 15 is 0 Å². The Balaban J connectivity index is 1.85. The molecule has 4 aromatic rings. The fourth-order valence-corrected chi connectivity index (χ4v) is 4.14. The molecule has 29 heavy (non-hydrogen) atoms. The Morgan fingerprint density at radius 3 is 2.55 bits per heavy atom. The van der Waals surface area contributed by atoms with Crippen LogP contribution in [0.25, 0.3) is 16.6 Å². The zero-order valence-electron chi connectivity index (χ0n) is 15.1. The molecule has 5 rings (SSSR count). The maximum Gasteiger partial charge on any atom is 0.258 e. The van der Waals surface area contributed by atoms with E-state index in [0.29, 0.717) is 22.7 Å². The molecule has 1 atom stereocenters. The first-order valence-corrected chi connectivity index (χ1v) is 9.47. The number of nitrogens with one attached hydrogen (secondary N) is 4. The Labute approximate surface area is 170 Å². The van der Waals surface area contributed by atoms with E-state index in [1.807, 2.05) is 60.8 Å². The summed E-state index contributed by atoms with van der Waals surface area (Å²) in [6, 6.07) is 19.8. The van der Waals surface area contributed by atoms with Crippen LogP contribution in [0.15, 0.2) is 71.2 Å². The summed E-state index contributed by atoms with van der Waals surface area (Å²) in [7, 11) is 0. The zero-order valence-corrected chi connectivity index (χ0v) is 15.9. The monoisotopic (exact) mass is 397 g/mol. The highest BCUT2D eigenvalue weighted by atomic mass is 32.1. The molecule has 4 N–H and O–H groups in total. The van der Waals surface area contributed by atoms with Crippen LogP contribution in [0.1, 0.15) is 22.6 Å². The maximum absolute atomic E-state index is 12.8.